The summed E-state index contributed by atoms with van der Waals surface area (Å²) in [5, 5.41) is 5.67. The number of nitrogens with two attached hydrogens (primary N) is 1. The monoisotopic (exact) mass is 267 g/mol. The largest absolute Gasteiger partial charge is 0.277 e. The van der Waals surface area contributed by atoms with E-state index in [-0.39, 0.29) is 16.5 Å². The quantitative estimate of drug-likeness (QED) is 0.790. The molecule has 0 aliphatic heterocycles. The van der Waals surface area contributed by atoms with Crippen molar-refractivity contribution in [1.29, 1.82) is 0 Å². The van der Waals surface area contributed by atoms with Gasteiger partial charge in [0, 0.05) is 4.75 Å². The van der Waals surface area contributed by atoms with E-state index in [9.17, 15) is 4.39 Å². The Labute approximate surface area is 113 Å². The van der Waals surface area contributed by atoms with E-state index in [2.05, 4.69) is 26.8 Å². The second kappa shape index (κ2) is 5.22. The van der Waals surface area contributed by atoms with Gasteiger partial charge in [0.1, 0.15) is 5.82 Å². The van der Waals surface area contributed by atoms with Crippen LogP contribution in [-0.4, -0.2) is 4.75 Å². The van der Waals surface area contributed by atoms with Gasteiger partial charge in [-0.2, -0.15) is 0 Å². The van der Waals surface area contributed by atoms with Gasteiger partial charge >= 0.3 is 0 Å². The van der Waals surface area contributed by atoms with Crippen LogP contribution in [0.1, 0.15) is 63.0 Å². The maximum absolute atomic E-state index is 14.1. The fraction of sp³-hybridized carbons (Fsp3) is 0.600. The third kappa shape index (κ3) is 3.27. The lowest BCUT2D eigenvalue weighted by atomic mass is 9.90. The molecule has 0 heterocycles. The number of benzene rings is 1. The van der Waals surface area contributed by atoms with Crippen molar-refractivity contribution in [3.63, 3.8) is 0 Å². The highest BCUT2D eigenvalue weighted by atomic mass is 32.2. The molecule has 0 aromatic heterocycles. The van der Waals surface area contributed by atoms with Crippen LogP contribution in [0.15, 0.2) is 18.2 Å². The molecule has 0 spiro atoms. The van der Waals surface area contributed by atoms with E-state index in [0.717, 1.165) is 17.5 Å². The molecule has 1 nitrogen and oxygen atoms in total. The Hall–Kier alpha value is -0.540. The average Bonchev–Trinajstić information content (AvgIpc) is 3.12. The van der Waals surface area contributed by atoms with Gasteiger partial charge in [-0.25, -0.2) is 4.39 Å². The zero-order valence-electron chi connectivity index (χ0n) is 11.4. The summed E-state index contributed by atoms with van der Waals surface area (Å²) in [4.78, 5) is 0. The summed E-state index contributed by atoms with van der Waals surface area (Å²) in [6, 6.07) is 5.78. The third-order valence-electron chi connectivity index (χ3n) is 3.72. The molecule has 0 bridgehead atoms. The molecule has 1 saturated carbocycles. The molecule has 3 heteroatoms. The van der Waals surface area contributed by atoms with Gasteiger partial charge in [-0.05, 0) is 62.1 Å². The van der Waals surface area contributed by atoms with Gasteiger partial charge in [0.2, 0.25) is 0 Å². The number of rotatable bonds is 5. The van der Waals surface area contributed by atoms with Crippen molar-refractivity contribution < 1.29 is 4.39 Å². The van der Waals surface area contributed by atoms with Gasteiger partial charge in [-0.15, -0.1) is 0 Å². The van der Waals surface area contributed by atoms with E-state index in [4.69, 9.17) is 5.14 Å². The summed E-state index contributed by atoms with van der Waals surface area (Å²) < 4.78 is 14.1. The predicted molar refractivity (Wildman–Crippen MR) is 77.3 cm³/mol. The standard InChI is InChI=1S/C15H22FNS/c1-10(9-15(2,3)18-17)13-7-6-12(8-14(13)16)11-4-5-11/h6-8,10-11H,4-5,9,17H2,1-3H3. The lowest BCUT2D eigenvalue weighted by Gasteiger charge is -2.25. The Morgan fingerprint density at radius 2 is 2.11 bits per heavy atom. The molecule has 0 amide bonds. The highest BCUT2D eigenvalue weighted by Gasteiger charge is 2.26. The first-order valence-corrected chi connectivity index (χ1v) is 7.48. The van der Waals surface area contributed by atoms with Crippen LogP contribution in [0.4, 0.5) is 4.39 Å². The molecule has 1 unspecified atom stereocenters. The first-order valence-electron chi connectivity index (χ1n) is 6.60. The van der Waals surface area contributed by atoms with Crippen molar-refractivity contribution in [1.82, 2.24) is 0 Å². The van der Waals surface area contributed by atoms with Crippen LogP contribution in [0.2, 0.25) is 0 Å². The molecule has 0 saturated heterocycles. The van der Waals surface area contributed by atoms with Crippen LogP contribution < -0.4 is 5.14 Å². The Balaban J connectivity index is 2.12. The molecule has 1 aromatic carbocycles. The van der Waals surface area contributed by atoms with Crippen molar-refractivity contribution in [3.8, 4) is 0 Å². The smallest absolute Gasteiger partial charge is 0.126 e. The van der Waals surface area contributed by atoms with Crippen molar-refractivity contribution in [2.45, 2.75) is 56.6 Å². The Morgan fingerprint density at radius 1 is 1.44 bits per heavy atom. The van der Waals surface area contributed by atoms with Crippen LogP contribution in [0, 0.1) is 5.82 Å². The topological polar surface area (TPSA) is 26.0 Å². The van der Waals surface area contributed by atoms with E-state index >= 15 is 0 Å². The van der Waals surface area contributed by atoms with Crippen molar-refractivity contribution in [3.05, 3.63) is 35.1 Å². The van der Waals surface area contributed by atoms with Gasteiger partial charge in [0.25, 0.3) is 0 Å². The van der Waals surface area contributed by atoms with Gasteiger partial charge in [-0.3, -0.25) is 5.14 Å². The van der Waals surface area contributed by atoms with Crippen LogP contribution in [0.25, 0.3) is 0 Å². The molecular weight excluding hydrogens is 245 g/mol. The Kier molecular flexibility index (Phi) is 4.02. The number of hydrogen-bond donors (Lipinski definition) is 1. The molecule has 2 N–H and O–H groups in total. The second-order valence-corrected chi connectivity index (χ2v) is 7.38. The Bertz CT molecular complexity index is 427. The SMILES string of the molecule is CC(CC(C)(C)SN)c1ccc(C2CC2)cc1F. The lowest BCUT2D eigenvalue weighted by Crippen LogP contribution is -2.20. The van der Waals surface area contributed by atoms with Crippen LogP contribution in [0.5, 0.6) is 0 Å². The second-order valence-electron chi connectivity index (χ2n) is 6.04. The van der Waals surface area contributed by atoms with Gasteiger partial charge < -0.3 is 0 Å². The lowest BCUT2D eigenvalue weighted by molar-refractivity contribution is 0.529. The first-order chi connectivity index (χ1) is 8.43. The summed E-state index contributed by atoms with van der Waals surface area (Å²) in [6.07, 6.45) is 3.31. The van der Waals surface area contributed by atoms with E-state index < -0.39 is 0 Å². The third-order valence-corrected chi connectivity index (χ3v) is 4.53. The molecule has 1 aliphatic rings. The molecular formula is C15H22FNS. The zero-order valence-corrected chi connectivity index (χ0v) is 12.2. The molecule has 1 aliphatic carbocycles. The molecule has 2 rings (SSSR count). The maximum Gasteiger partial charge on any atom is 0.126 e. The molecule has 1 atom stereocenters. The minimum Gasteiger partial charge on any atom is -0.277 e. The summed E-state index contributed by atoms with van der Waals surface area (Å²) in [6.45, 7) is 6.28. The van der Waals surface area contributed by atoms with E-state index in [1.807, 2.05) is 6.07 Å². The number of halogens is 1. The fourth-order valence-corrected chi connectivity index (χ4v) is 2.86. The van der Waals surface area contributed by atoms with Gasteiger partial charge in [0.15, 0.2) is 0 Å². The molecule has 0 radical (unpaired) electrons. The highest BCUT2D eigenvalue weighted by molar-refractivity contribution is 7.98. The van der Waals surface area contributed by atoms with Gasteiger partial charge in [0.05, 0.1) is 0 Å². The maximum atomic E-state index is 14.1. The predicted octanol–water partition coefficient (Wildman–Crippen LogP) is 4.58. The van der Waals surface area contributed by atoms with Crippen molar-refractivity contribution in [2.75, 3.05) is 0 Å². The van der Waals surface area contributed by atoms with E-state index in [1.54, 1.807) is 6.07 Å². The summed E-state index contributed by atoms with van der Waals surface area (Å²) in [7, 11) is 0. The molecule has 1 aromatic rings. The summed E-state index contributed by atoms with van der Waals surface area (Å²) >= 11 is 1.35. The van der Waals surface area contributed by atoms with E-state index in [1.165, 1.54) is 24.8 Å². The minimum atomic E-state index is -0.0512. The van der Waals surface area contributed by atoms with E-state index in [0.29, 0.717) is 5.92 Å². The van der Waals surface area contributed by atoms with Crippen LogP contribution in [0.3, 0.4) is 0 Å². The molecule has 18 heavy (non-hydrogen) atoms. The molecule has 100 valence electrons. The normalized spacial score (nSPS) is 17.8. The van der Waals surface area contributed by atoms with Crippen molar-refractivity contribution >= 4 is 11.9 Å². The minimum absolute atomic E-state index is 0.0129. The molecule has 1 fully saturated rings. The summed E-state index contributed by atoms with van der Waals surface area (Å²) in [5.74, 6) is 0.758. The van der Waals surface area contributed by atoms with Crippen LogP contribution in [-0.2, 0) is 0 Å². The number of hydrogen-bond acceptors (Lipinski definition) is 2. The van der Waals surface area contributed by atoms with Gasteiger partial charge in [-0.1, -0.05) is 31.0 Å². The zero-order chi connectivity index (χ0) is 13.3. The van der Waals surface area contributed by atoms with Crippen LogP contribution >= 0.6 is 11.9 Å². The van der Waals surface area contributed by atoms with Crippen molar-refractivity contribution in [2.24, 2.45) is 5.14 Å². The highest BCUT2D eigenvalue weighted by Crippen LogP contribution is 2.41. The fourth-order valence-electron chi connectivity index (χ4n) is 2.51. The first kappa shape index (κ1) is 13.9. The average molecular weight is 267 g/mol. The Morgan fingerprint density at radius 3 is 2.61 bits per heavy atom. The summed E-state index contributed by atoms with van der Waals surface area (Å²) in [5.41, 5.74) is 1.98.